The number of hydrogen-bond acceptors (Lipinski definition) is 40. The van der Waals surface area contributed by atoms with Crippen LogP contribution in [-0.2, 0) is 75.8 Å². The molecule has 1 amide bonds. The number of benzene rings is 4. The van der Waals surface area contributed by atoms with Crippen LogP contribution in [0, 0.1) is 0 Å². The quantitative estimate of drug-likeness (QED) is 0.0656. The highest BCUT2D eigenvalue weighted by Crippen LogP contribution is 2.42. The number of carbonyl (C=O) groups excluding carboxylic acids is 1. The van der Waals surface area contributed by atoms with E-state index in [1.54, 1.807) is 30.3 Å². The van der Waals surface area contributed by atoms with Crippen molar-refractivity contribution in [3.8, 4) is 0 Å². The first-order valence-electron chi connectivity index (χ1n) is 34.4. The first kappa shape index (κ1) is 79.9. The minimum absolute atomic E-state index is 0.151. The maximum absolute atomic E-state index is 14.6. The Kier molecular flexibility index (Phi) is 25.1. The van der Waals surface area contributed by atoms with E-state index in [9.17, 15) is 122 Å². The van der Waals surface area contributed by atoms with E-state index in [4.69, 9.17) is 75.8 Å². The SMILES string of the molecule is O=C(NC[C@H]1O[C@@H]2O[C@H]3[C@H](O)[C@@H](O)[C@@H](O[C@H]4[C@H](O)[C@@H](O)[C@@H](O[C@H]5[C@H](O)[C@@H](O)[C@@H](O[C@H]6[C@H](O)[C@@H](O)[C@@H](O[C@H]7[C@H](O)[C@@H](O)[C@@H](O[C@H]8[C@H](O)[C@@H](O)[C@@H](O[C@H]9[C@H](O)[C@@H](O)[C@@H](O[C@H]1[C@H](O)[C@H]2O)O[C@@H]9CO)O[C@@H]8CO)O[C@@H]7CO)O[C@@H]6CO)O[C@@H]5CO)O[C@@H]4CO)O[C@@H]3CO)c1cc2cccc3ccc4cccc1c4c32. The van der Waals surface area contributed by atoms with Crippen molar-refractivity contribution < 1.29 is 198 Å². The van der Waals surface area contributed by atoms with E-state index in [0.29, 0.717) is 10.8 Å². The van der Waals surface area contributed by atoms with Crippen LogP contribution in [0.3, 0.4) is 0 Å². The fraction of sp³-hybridized carbons (Fsp3) is 0.738. The molecule has 30 heterocycles. The summed E-state index contributed by atoms with van der Waals surface area (Å²) in [6.07, 6.45) is -83.4. The Labute approximate surface area is 598 Å². The van der Waals surface area contributed by atoms with Gasteiger partial charge in [-0.1, -0.05) is 48.5 Å². The lowest BCUT2D eigenvalue weighted by Crippen LogP contribution is -2.69. The van der Waals surface area contributed by atoms with Gasteiger partial charge < -0.3 is 199 Å². The molecule has 30 fully saturated rings. The van der Waals surface area contributed by atoms with Crippen LogP contribution in [0.5, 0.6) is 0 Å². The van der Waals surface area contributed by atoms with Crippen LogP contribution in [-0.4, -0.2) is 422 Å². The van der Waals surface area contributed by atoms with Crippen molar-refractivity contribution in [1.29, 1.82) is 0 Å². The lowest BCUT2D eigenvalue weighted by molar-refractivity contribution is -0.403. The number of carbonyl (C=O) groups is 1. The van der Waals surface area contributed by atoms with Crippen LogP contribution in [0.4, 0.5) is 0 Å². The van der Waals surface area contributed by atoms with Gasteiger partial charge in [-0.05, 0) is 38.4 Å². The third-order valence-corrected chi connectivity index (χ3v) is 20.9. The number of amides is 1. The highest BCUT2D eigenvalue weighted by Gasteiger charge is 2.61. The first-order valence-corrected chi connectivity index (χ1v) is 34.4. The molecule has 594 valence electrons. The van der Waals surface area contributed by atoms with Crippen molar-refractivity contribution in [2.45, 2.75) is 246 Å². The number of hydrogen-bond donors (Lipinski definition) is 24. The summed E-state index contributed by atoms with van der Waals surface area (Å²) in [5.74, 6) is -0.734. The topological polar surface area (TPSA) is 642 Å². The van der Waals surface area contributed by atoms with Crippen molar-refractivity contribution in [2.75, 3.05) is 52.8 Å². The molecule has 30 saturated heterocycles. The van der Waals surface area contributed by atoms with E-state index in [2.05, 4.69) is 5.32 Å². The molecule has 0 aliphatic carbocycles. The Morgan fingerprint density at radius 2 is 0.481 bits per heavy atom. The number of aliphatic hydroxyl groups excluding tert-OH is 23. The molecule has 30 aliphatic heterocycles. The Morgan fingerprint density at radius 3 is 0.736 bits per heavy atom. The second-order valence-electron chi connectivity index (χ2n) is 27.5. The fourth-order valence-electron chi connectivity index (χ4n) is 15.2. The van der Waals surface area contributed by atoms with Gasteiger partial charge in [0.25, 0.3) is 5.91 Å². The largest absolute Gasteiger partial charge is 0.394 e. The molecule has 0 aromatic heterocycles. The summed E-state index contributed by atoms with van der Waals surface area (Å²) in [7, 11) is 0. The monoisotopic (exact) mass is 1520 g/mol. The van der Waals surface area contributed by atoms with Crippen LogP contribution in [0.1, 0.15) is 10.4 Å². The van der Waals surface area contributed by atoms with Gasteiger partial charge >= 0.3 is 0 Å². The highest BCUT2D eigenvalue weighted by atomic mass is 16.8. The van der Waals surface area contributed by atoms with Crippen molar-refractivity contribution >= 4 is 38.2 Å². The van der Waals surface area contributed by atoms with Gasteiger partial charge in [0.15, 0.2) is 50.3 Å². The van der Waals surface area contributed by atoms with E-state index in [-0.39, 0.29) is 5.56 Å². The fourth-order valence-corrected chi connectivity index (χ4v) is 15.2. The smallest absolute Gasteiger partial charge is 0.252 e. The number of aliphatic hydroxyl groups is 23. The summed E-state index contributed by atoms with van der Waals surface area (Å²) < 4.78 is 93.7. The predicted octanol–water partition coefficient (Wildman–Crippen LogP) is -13.1. The molecular formula is C65H89NO40. The summed E-state index contributed by atoms with van der Waals surface area (Å²) in [5, 5.41) is 268. The Morgan fingerprint density at radius 1 is 0.264 bits per heavy atom. The standard InChI is InChI=1S/C65H89NO40/c67-11-24-50-35(76)43(84)60(93-24)102-52-26(13-69)95-62(45(86)37(52)78)104-54-28(15-71)97-64(47(88)39(54)80)106-56-30(17-73)98-65(48(89)40(56)81)105-55-29(16-72)96-63(46(87)38(55)79)103-53-27(14-70)94-61(44(85)36(53)77)101-51-25(12-68)92-59(42(83)34(51)75)99-49-23(91-58(100-50)41(82)33(49)74)10-66-57(90)22-9-20-5-1-3-18-7-8-19-4-2-6-21(22)32(19)31(18)20/h1-9,23-30,33-56,58-65,67-89H,10-17H2,(H,66,90)/t23-,24-,25-,26-,27-,28-,29-,30-,33-,34-,35-,36-,37-,38-,39-,40-,41-,42-,43-,44-,45-,46-,47-,48-,49-,50-,51-,52-,53-,54-,55-,56-,58-,59-,60-,61-,62-,63-,64-,65-/m1/s1. The lowest BCUT2D eigenvalue weighted by atomic mass is 9.91. The Balaban J connectivity index is 0.791. The number of ether oxygens (including phenoxy) is 16. The van der Waals surface area contributed by atoms with Crippen molar-refractivity contribution in [3.63, 3.8) is 0 Å². The molecule has 40 atom stereocenters. The van der Waals surface area contributed by atoms with Gasteiger partial charge in [0.1, 0.15) is 195 Å². The lowest BCUT2D eigenvalue weighted by Gasteiger charge is -2.50. The molecular weight excluding hydrogens is 1430 g/mol. The normalized spacial score (nSPS) is 48.1. The average molecular weight is 1520 g/mol. The maximum Gasteiger partial charge on any atom is 0.252 e. The zero-order valence-corrected chi connectivity index (χ0v) is 55.7. The van der Waals surface area contributed by atoms with Gasteiger partial charge in [-0.3, -0.25) is 4.79 Å². The summed E-state index contributed by atoms with van der Waals surface area (Å²) in [4.78, 5) is 14.6. The molecule has 41 nitrogen and oxygen atoms in total. The molecule has 0 spiro atoms. The summed E-state index contributed by atoms with van der Waals surface area (Å²) in [6.45, 7) is -8.39. The molecule has 41 heteroatoms. The molecule has 24 N–H and O–H groups in total. The van der Waals surface area contributed by atoms with Crippen molar-refractivity contribution in [3.05, 3.63) is 60.2 Å². The molecule has 30 aliphatic rings. The van der Waals surface area contributed by atoms with E-state index < -0.39 is 304 Å². The van der Waals surface area contributed by atoms with Crippen molar-refractivity contribution in [2.24, 2.45) is 0 Å². The molecule has 4 aromatic carbocycles. The van der Waals surface area contributed by atoms with Crippen LogP contribution >= 0.6 is 0 Å². The van der Waals surface area contributed by atoms with Crippen LogP contribution in [0.25, 0.3) is 32.3 Å². The highest BCUT2D eigenvalue weighted by molar-refractivity contribution is 6.27. The molecule has 0 radical (unpaired) electrons. The molecule has 0 saturated carbocycles. The summed E-state index contributed by atoms with van der Waals surface area (Å²) in [5.41, 5.74) is 0.151. The van der Waals surface area contributed by atoms with Crippen LogP contribution in [0.15, 0.2) is 54.6 Å². The zero-order valence-electron chi connectivity index (χ0n) is 55.7. The summed E-state index contributed by atoms with van der Waals surface area (Å²) in [6, 6.07) is 16.3. The minimum Gasteiger partial charge on any atom is -0.394 e. The van der Waals surface area contributed by atoms with Crippen LogP contribution in [0.2, 0.25) is 0 Å². The third-order valence-electron chi connectivity index (χ3n) is 20.9. The van der Waals surface area contributed by atoms with E-state index in [1.165, 1.54) is 0 Å². The number of nitrogens with one attached hydrogen (secondary N) is 1. The molecule has 106 heavy (non-hydrogen) atoms. The molecule has 16 bridgehead atoms. The maximum atomic E-state index is 14.6. The average Bonchev–Trinajstić information content (AvgIpc) is 0.701. The number of rotatable bonds is 10. The van der Waals surface area contributed by atoms with E-state index in [0.717, 1.165) is 21.5 Å². The first-order chi connectivity index (χ1) is 50.8. The van der Waals surface area contributed by atoms with Gasteiger partial charge in [-0.25, -0.2) is 0 Å². The van der Waals surface area contributed by atoms with E-state index in [1.807, 2.05) is 24.3 Å². The van der Waals surface area contributed by atoms with Gasteiger partial charge in [-0.15, -0.1) is 0 Å². The third kappa shape index (κ3) is 14.9. The second-order valence-corrected chi connectivity index (χ2v) is 27.5. The second kappa shape index (κ2) is 33.3. The Hall–Kier alpha value is -4.17. The molecule has 34 rings (SSSR count). The molecule has 4 aromatic rings. The van der Waals surface area contributed by atoms with Gasteiger partial charge in [0.2, 0.25) is 0 Å². The summed E-state index contributed by atoms with van der Waals surface area (Å²) >= 11 is 0. The Bertz CT molecular complexity index is 3520. The zero-order chi connectivity index (χ0) is 75.8. The van der Waals surface area contributed by atoms with Gasteiger partial charge in [0, 0.05) is 12.1 Å². The predicted molar refractivity (Wildman–Crippen MR) is 336 cm³/mol. The van der Waals surface area contributed by atoms with Gasteiger partial charge in [-0.2, -0.15) is 0 Å². The minimum atomic E-state index is -2.32. The van der Waals surface area contributed by atoms with Gasteiger partial charge in [0.05, 0.1) is 46.2 Å². The van der Waals surface area contributed by atoms with Crippen molar-refractivity contribution in [1.82, 2.24) is 5.32 Å². The van der Waals surface area contributed by atoms with Crippen LogP contribution < -0.4 is 5.32 Å². The molecule has 0 unspecified atom stereocenters. The van der Waals surface area contributed by atoms with E-state index >= 15 is 0 Å².